The second-order valence-electron chi connectivity index (χ2n) is 11.3. The minimum atomic E-state index is -3.47. The van der Waals surface area contributed by atoms with Crippen LogP contribution in [0.2, 0.25) is 0 Å². The van der Waals surface area contributed by atoms with Gasteiger partial charge in [0, 0.05) is 59.7 Å². The molecule has 3 fully saturated rings. The molecule has 1 spiro atoms. The van der Waals surface area contributed by atoms with E-state index in [9.17, 15) is 22.2 Å². The zero-order chi connectivity index (χ0) is 26.9. The highest BCUT2D eigenvalue weighted by atomic mass is 32.2. The van der Waals surface area contributed by atoms with Gasteiger partial charge in [0.2, 0.25) is 15.9 Å². The van der Waals surface area contributed by atoms with Crippen molar-refractivity contribution in [3.63, 3.8) is 0 Å². The van der Waals surface area contributed by atoms with Gasteiger partial charge in [0.05, 0.1) is 11.2 Å². The van der Waals surface area contributed by atoms with E-state index < -0.39 is 26.2 Å². The third-order valence-corrected chi connectivity index (χ3v) is 12.0. The van der Waals surface area contributed by atoms with Crippen LogP contribution in [0.25, 0.3) is 0 Å². The SMILES string of the molecule is Cc1cc(C(=O)N2CCS(=O)CC2)ccc1CCS(=O)(=O)N1CCC2(C=C(C3CCCCC3)NC2=O)CC1. The Morgan fingerprint density at radius 1 is 1.08 bits per heavy atom. The van der Waals surface area contributed by atoms with Crippen LogP contribution in [0.5, 0.6) is 0 Å². The van der Waals surface area contributed by atoms with E-state index in [0.29, 0.717) is 68.4 Å². The van der Waals surface area contributed by atoms with Gasteiger partial charge in [0.1, 0.15) is 0 Å². The van der Waals surface area contributed by atoms with Crippen molar-refractivity contribution in [3.05, 3.63) is 46.7 Å². The number of carbonyl (C=O) groups excluding carboxylic acids is 2. The largest absolute Gasteiger partial charge is 0.337 e. The summed E-state index contributed by atoms with van der Waals surface area (Å²) in [4.78, 5) is 27.5. The fraction of sp³-hybridized carbons (Fsp3) is 0.643. The standard InChI is InChI=1S/C28H39N3O5S2/c1-21-19-24(26(32)30-14-16-37(34)17-15-30)8-7-22(21)9-18-38(35,36)31-12-10-28(11-13-31)20-25(29-27(28)33)23-5-3-2-4-6-23/h7-8,19-20,23H,2-6,9-18H2,1H3,(H,29,33). The molecule has 3 aliphatic heterocycles. The second kappa shape index (κ2) is 11.2. The number of allylic oxidation sites excluding steroid dienone is 1. The Labute approximate surface area is 228 Å². The molecule has 0 atom stereocenters. The minimum absolute atomic E-state index is 0.00142. The average Bonchev–Trinajstić information content (AvgIpc) is 3.24. The van der Waals surface area contributed by atoms with Gasteiger partial charge in [0.25, 0.3) is 5.91 Å². The van der Waals surface area contributed by atoms with Crippen molar-refractivity contribution in [1.29, 1.82) is 0 Å². The number of piperidine rings is 1. The number of nitrogens with zero attached hydrogens (tertiary/aromatic N) is 2. The molecule has 3 heterocycles. The fourth-order valence-corrected chi connectivity index (χ4v) is 8.85. The lowest BCUT2D eigenvalue weighted by Crippen LogP contribution is -2.47. The van der Waals surface area contributed by atoms with Crippen LogP contribution in [0.4, 0.5) is 0 Å². The summed E-state index contributed by atoms with van der Waals surface area (Å²) in [5, 5.41) is 3.14. The van der Waals surface area contributed by atoms with Gasteiger partial charge in [-0.3, -0.25) is 13.8 Å². The van der Waals surface area contributed by atoms with Crippen molar-refractivity contribution >= 4 is 32.6 Å². The molecule has 1 aliphatic carbocycles. The lowest BCUT2D eigenvalue weighted by Gasteiger charge is -2.35. The Hall–Kier alpha value is -2.04. The zero-order valence-corrected chi connectivity index (χ0v) is 23.9. The van der Waals surface area contributed by atoms with Gasteiger partial charge < -0.3 is 10.2 Å². The molecule has 1 aromatic carbocycles. The van der Waals surface area contributed by atoms with Crippen LogP contribution in [0.3, 0.4) is 0 Å². The highest BCUT2D eigenvalue weighted by molar-refractivity contribution is 7.89. The molecule has 0 unspecified atom stereocenters. The maximum Gasteiger partial charge on any atom is 0.253 e. The molecule has 10 heteroatoms. The molecule has 2 saturated heterocycles. The molecule has 0 aromatic heterocycles. The molecule has 1 aromatic rings. The van der Waals surface area contributed by atoms with Crippen LogP contribution in [-0.4, -0.2) is 77.1 Å². The van der Waals surface area contributed by atoms with Gasteiger partial charge in [0.15, 0.2) is 0 Å². The van der Waals surface area contributed by atoms with Crippen LogP contribution < -0.4 is 5.32 Å². The van der Waals surface area contributed by atoms with E-state index in [1.54, 1.807) is 15.3 Å². The molecule has 1 N–H and O–H groups in total. The summed E-state index contributed by atoms with van der Waals surface area (Å²) in [5.41, 5.74) is 2.89. The number of amides is 2. The maximum absolute atomic E-state index is 13.2. The van der Waals surface area contributed by atoms with E-state index in [1.807, 2.05) is 19.1 Å². The monoisotopic (exact) mass is 561 g/mol. The molecular weight excluding hydrogens is 522 g/mol. The molecule has 208 valence electrons. The number of carbonyl (C=O) groups is 2. The van der Waals surface area contributed by atoms with Gasteiger partial charge in [-0.1, -0.05) is 25.3 Å². The van der Waals surface area contributed by atoms with Crippen molar-refractivity contribution in [2.45, 2.75) is 58.3 Å². The van der Waals surface area contributed by atoms with Gasteiger partial charge >= 0.3 is 0 Å². The summed E-state index contributed by atoms with van der Waals surface area (Å²) >= 11 is 0. The molecule has 2 amide bonds. The lowest BCUT2D eigenvalue weighted by molar-refractivity contribution is -0.128. The first-order valence-electron chi connectivity index (χ1n) is 13.9. The van der Waals surface area contributed by atoms with E-state index in [1.165, 1.54) is 19.3 Å². The van der Waals surface area contributed by atoms with E-state index in [2.05, 4.69) is 11.4 Å². The maximum atomic E-state index is 13.2. The van der Waals surface area contributed by atoms with Crippen molar-refractivity contribution in [3.8, 4) is 0 Å². The number of rotatable bonds is 6. The number of aryl methyl sites for hydroxylation is 2. The lowest BCUT2D eigenvalue weighted by atomic mass is 9.78. The van der Waals surface area contributed by atoms with Crippen LogP contribution in [-0.2, 0) is 32.0 Å². The summed E-state index contributed by atoms with van der Waals surface area (Å²) in [6, 6.07) is 5.45. The predicted octanol–water partition coefficient (Wildman–Crippen LogP) is 2.75. The summed E-state index contributed by atoms with van der Waals surface area (Å²) in [7, 11) is -4.31. The van der Waals surface area contributed by atoms with Gasteiger partial charge in [-0.2, -0.15) is 0 Å². The first kappa shape index (κ1) is 27.5. The Balaban J connectivity index is 1.17. The summed E-state index contributed by atoms with van der Waals surface area (Å²) in [6.07, 6.45) is 9.47. The van der Waals surface area contributed by atoms with E-state index >= 15 is 0 Å². The molecule has 4 aliphatic rings. The van der Waals surface area contributed by atoms with Gasteiger partial charge in [-0.05, 0) is 74.3 Å². The highest BCUT2D eigenvalue weighted by Crippen LogP contribution is 2.42. The first-order valence-corrected chi connectivity index (χ1v) is 17.0. The third-order valence-electron chi connectivity index (χ3n) is 8.88. The van der Waals surface area contributed by atoms with Gasteiger partial charge in [-0.15, -0.1) is 0 Å². The smallest absolute Gasteiger partial charge is 0.253 e. The summed E-state index contributed by atoms with van der Waals surface area (Å²) in [5.74, 6) is 1.44. The fourth-order valence-electron chi connectivity index (χ4n) is 6.32. The highest BCUT2D eigenvalue weighted by Gasteiger charge is 2.46. The molecule has 38 heavy (non-hydrogen) atoms. The quantitative estimate of drug-likeness (QED) is 0.575. The summed E-state index contributed by atoms with van der Waals surface area (Å²) < 4.78 is 39.5. The van der Waals surface area contributed by atoms with E-state index in [0.717, 1.165) is 29.7 Å². The molecular formula is C28H39N3O5S2. The Morgan fingerprint density at radius 3 is 2.42 bits per heavy atom. The van der Waals surface area contributed by atoms with Crippen molar-refractivity contribution < 1.29 is 22.2 Å². The van der Waals surface area contributed by atoms with E-state index in [4.69, 9.17) is 0 Å². The average molecular weight is 562 g/mol. The molecule has 5 rings (SSSR count). The first-order chi connectivity index (χ1) is 18.2. The van der Waals surface area contributed by atoms with E-state index in [-0.39, 0.29) is 17.6 Å². The van der Waals surface area contributed by atoms with Crippen molar-refractivity contribution in [2.24, 2.45) is 11.3 Å². The molecule has 0 bridgehead atoms. The Kier molecular flexibility index (Phi) is 8.12. The van der Waals surface area contributed by atoms with Crippen molar-refractivity contribution in [2.75, 3.05) is 43.4 Å². The topological polar surface area (TPSA) is 104 Å². The number of sulfonamides is 1. The molecule has 8 nitrogen and oxygen atoms in total. The second-order valence-corrected chi connectivity index (χ2v) is 15.1. The van der Waals surface area contributed by atoms with Crippen LogP contribution >= 0.6 is 0 Å². The number of hydrogen-bond donors (Lipinski definition) is 1. The number of nitrogens with one attached hydrogen (secondary N) is 1. The zero-order valence-electron chi connectivity index (χ0n) is 22.2. The van der Waals surface area contributed by atoms with Crippen LogP contribution in [0.1, 0.15) is 66.4 Å². The number of hydrogen-bond acceptors (Lipinski definition) is 5. The summed E-state index contributed by atoms with van der Waals surface area (Å²) in [6.45, 7) is 3.62. The Bertz CT molecular complexity index is 1230. The van der Waals surface area contributed by atoms with Crippen LogP contribution in [0.15, 0.2) is 30.0 Å². The van der Waals surface area contributed by atoms with Crippen LogP contribution in [0, 0.1) is 18.3 Å². The number of benzene rings is 1. The van der Waals surface area contributed by atoms with Gasteiger partial charge in [-0.25, -0.2) is 12.7 Å². The Morgan fingerprint density at radius 2 is 1.76 bits per heavy atom. The minimum Gasteiger partial charge on any atom is -0.337 e. The van der Waals surface area contributed by atoms with Crippen molar-refractivity contribution in [1.82, 2.24) is 14.5 Å². The molecule has 0 radical (unpaired) electrons. The molecule has 1 saturated carbocycles. The normalized spacial score (nSPS) is 23.4. The predicted molar refractivity (Wildman–Crippen MR) is 148 cm³/mol. The third kappa shape index (κ3) is 5.77.